The maximum absolute atomic E-state index is 5.88. The Kier molecular flexibility index (Phi) is 3.70. The second-order valence-electron chi connectivity index (χ2n) is 5.29. The number of nitrogens with one attached hydrogen (secondary N) is 1. The molecule has 0 amide bonds. The van der Waals surface area contributed by atoms with E-state index in [1.54, 1.807) is 0 Å². The van der Waals surface area contributed by atoms with Gasteiger partial charge in [-0.05, 0) is 56.1 Å². The summed E-state index contributed by atoms with van der Waals surface area (Å²) < 4.78 is 5.88. The Morgan fingerprint density at radius 2 is 2.10 bits per heavy atom. The van der Waals surface area contributed by atoms with Crippen molar-refractivity contribution >= 4 is 0 Å². The van der Waals surface area contributed by atoms with Crippen LogP contribution in [0.25, 0.3) is 0 Å². The minimum Gasteiger partial charge on any atom is -0.490 e. The van der Waals surface area contributed by atoms with E-state index in [-0.39, 0.29) is 6.04 Å². The minimum atomic E-state index is 0.145. The molecule has 20 heavy (non-hydrogen) atoms. The van der Waals surface area contributed by atoms with Gasteiger partial charge in [-0.15, -0.1) is 0 Å². The van der Waals surface area contributed by atoms with Gasteiger partial charge in [0, 0.05) is 11.9 Å². The van der Waals surface area contributed by atoms with E-state index >= 15 is 0 Å². The molecule has 3 rings (SSSR count). The molecule has 3 nitrogen and oxygen atoms in total. The van der Waals surface area contributed by atoms with Crippen molar-refractivity contribution in [3.8, 4) is 5.75 Å². The van der Waals surface area contributed by atoms with Crippen LogP contribution in [-0.4, -0.2) is 18.1 Å². The zero-order valence-electron chi connectivity index (χ0n) is 12.0. The lowest BCUT2D eigenvalue weighted by Gasteiger charge is -2.19. The molecule has 1 fully saturated rings. The molecule has 1 heterocycles. The quantitative estimate of drug-likeness (QED) is 0.904. The molecule has 1 unspecified atom stereocenters. The van der Waals surface area contributed by atoms with Crippen molar-refractivity contribution in [1.82, 2.24) is 10.3 Å². The summed E-state index contributed by atoms with van der Waals surface area (Å²) in [7, 11) is 1.98. The first kappa shape index (κ1) is 13.1. The molecule has 0 saturated heterocycles. The molecule has 2 aromatic rings. The standard InChI is InChI=1S/C17H20N2O/c1-12-16(7-4-10-19-12)17(18-2)13-5-3-6-15(11-13)20-14-8-9-14/h3-7,10-11,14,17-18H,8-9H2,1-2H3. The highest BCUT2D eigenvalue weighted by Gasteiger charge is 2.24. The van der Waals surface area contributed by atoms with Gasteiger partial charge in [0.15, 0.2) is 0 Å². The maximum atomic E-state index is 5.88. The van der Waals surface area contributed by atoms with Crippen molar-refractivity contribution in [2.45, 2.75) is 31.9 Å². The average molecular weight is 268 g/mol. The Balaban J connectivity index is 1.90. The molecule has 1 aromatic carbocycles. The number of aromatic nitrogens is 1. The van der Waals surface area contributed by atoms with Crippen molar-refractivity contribution in [1.29, 1.82) is 0 Å². The molecule has 0 radical (unpaired) electrons. The van der Waals surface area contributed by atoms with Crippen LogP contribution in [-0.2, 0) is 0 Å². The van der Waals surface area contributed by atoms with Crippen LogP contribution in [0, 0.1) is 6.92 Å². The highest BCUT2D eigenvalue weighted by molar-refractivity contribution is 5.38. The van der Waals surface area contributed by atoms with Crippen molar-refractivity contribution in [2.75, 3.05) is 7.05 Å². The Morgan fingerprint density at radius 3 is 2.80 bits per heavy atom. The Hall–Kier alpha value is -1.87. The molecular formula is C17H20N2O. The first-order valence-electron chi connectivity index (χ1n) is 7.13. The van der Waals surface area contributed by atoms with E-state index in [9.17, 15) is 0 Å². The monoisotopic (exact) mass is 268 g/mol. The number of rotatable bonds is 5. The molecule has 1 atom stereocenters. The predicted molar refractivity (Wildman–Crippen MR) is 80.0 cm³/mol. The van der Waals surface area contributed by atoms with Crippen LogP contribution >= 0.6 is 0 Å². The summed E-state index contributed by atoms with van der Waals surface area (Å²) in [5.74, 6) is 0.965. The molecule has 0 spiro atoms. The van der Waals surface area contributed by atoms with Crippen LogP contribution in [0.3, 0.4) is 0 Å². The number of ether oxygens (including phenoxy) is 1. The van der Waals surface area contributed by atoms with E-state index in [4.69, 9.17) is 4.74 Å². The lowest BCUT2D eigenvalue weighted by Crippen LogP contribution is -2.19. The molecule has 1 saturated carbocycles. The molecule has 1 aliphatic carbocycles. The van der Waals surface area contributed by atoms with Gasteiger partial charge < -0.3 is 10.1 Å². The Morgan fingerprint density at radius 1 is 1.25 bits per heavy atom. The minimum absolute atomic E-state index is 0.145. The van der Waals surface area contributed by atoms with E-state index < -0.39 is 0 Å². The fraction of sp³-hybridized carbons (Fsp3) is 0.353. The van der Waals surface area contributed by atoms with Gasteiger partial charge in [-0.3, -0.25) is 4.98 Å². The molecule has 1 aliphatic rings. The Labute approximate surface area is 120 Å². The summed E-state index contributed by atoms with van der Waals surface area (Å²) >= 11 is 0. The maximum Gasteiger partial charge on any atom is 0.120 e. The second kappa shape index (κ2) is 5.63. The number of nitrogens with zero attached hydrogens (tertiary/aromatic N) is 1. The van der Waals surface area contributed by atoms with Crippen LogP contribution in [0.2, 0.25) is 0 Å². The van der Waals surface area contributed by atoms with Gasteiger partial charge in [0.05, 0.1) is 12.1 Å². The SMILES string of the molecule is CNC(c1cccc(OC2CC2)c1)c1cccnc1C. The number of benzene rings is 1. The molecule has 3 heteroatoms. The summed E-state index contributed by atoms with van der Waals surface area (Å²) in [4.78, 5) is 4.38. The topological polar surface area (TPSA) is 34.1 Å². The van der Waals surface area contributed by atoms with E-state index in [2.05, 4.69) is 34.6 Å². The van der Waals surface area contributed by atoms with Gasteiger partial charge in [-0.1, -0.05) is 18.2 Å². The van der Waals surface area contributed by atoms with Gasteiger partial charge >= 0.3 is 0 Å². The average Bonchev–Trinajstić information content (AvgIpc) is 3.26. The highest BCUT2D eigenvalue weighted by atomic mass is 16.5. The van der Waals surface area contributed by atoms with Crippen LogP contribution in [0.1, 0.15) is 35.7 Å². The fourth-order valence-electron chi connectivity index (χ4n) is 2.45. The molecule has 1 aromatic heterocycles. The molecule has 0 bridgehead atoms. The molecule has 104 valence electrons. The van der Waals surface area contributed by atoms with E-state index in [1.165, 1.54) is 24.0 Å². The van der Waals surface area contributed by atoms with E-state index in [1.807, 2.05) is 32.3 Å². The number of pyridine rings is 1. The summed E-state index contributed by atoms with van der Waals surface area (Å²) in [6, 6.07) is 12.6. The summed E-state index contributed by atoms with van der Waals surface area (Å²) in [5.41, 5.74) is 3.47. The van der Waals surface area contributed by atoms with Crippen molar-refractivity contribution in [3.63, 3.8) is 0 Å². The largest absolute Gasteiger partial charge is 0.490 e. The number of hydrogen-bond donors (Lipinski definition) is 1. The van der Waals surface area contributed by atoms with Gasteiger partial charge in [-0.2, -0.15) is 0 Å². The van der Waals surface area contributed by atoms with Crippen LogP contribution in [0.4, 0.5) is 0 Å². The lowest BCUT2D eigenvalue weighted by molar-refractivity contribution is 0.302. The lowest BCUT2D eigenvalue weighted by atomic mass is 9.97. The zero-order chi connectivity index (χ0) is 13.9. The third kappa shape index (κ3) is 2.83. The van der Waals surface area contributed by atoms with Crippen molar-refractivity contribution in [2.24, 2.45) is 0 Å². The van der Waals surface area contributed by atoms with E-state index in [0.717, 1.165) is 11.4 Å². The number of hydrogen-bond acceptors (Lipinski definition) is 3. The third-order valence-electron chi connectivity index (χ3n) is 3.67. The van der Waals surface area contributed by atoms with Crippen molar-refractivity contribution < 1.29 is 4.74 Å². The zero-order valence-corrected chi connectivity index (χ0v) is 12.0. The smallest absolute Gasteiger partial charge is 0.120 e. The summed E-state index contributed by atoms with van der Waals surface area (Å²) in [5, 5.41) is 3.38. The number of aryl methyl sites for hydroxylation is 1. The summed E-state index contributed by atoms with van der Waals surface area (Å²) in [6.45, 7) is 2.05. The second-order valence-corrected chi connectivity index (χ2v) is 5.29. The van der Waals surface area contributed by atoms with Gasteiger partial charge in [0.2, 0.25) is 0 Å². The predicted octanol–water partition coefficient (Wildman–Crippen LogP) is 3.24. The van der Waals surface area contributed by atoms with Gasteiger partial charge in [0.1, 0.15) is 5.75 Å². The van der Waals surface area contributed by atoms with Gasteiger partial charge in [0.25, 0.3) is 0 Å². The molecule has 0 aliphatic heterocycles. The van der Waals surface area contributed by atoms with Crippen LogP contribution in [0.15, 0.2) is 42.6 Å². The molecule has 1 N–H and O–H groups in total. The van der Waals surface area contributed by atoms with Crippen LogP contribution < -0.4 is 10.1 Å². The normalized spacial score (nSPS) is 15.9. The fourth-order valence-corrected chi connectivity index (χ4v) is 2.45. The summed E-state index contributed by atoms with van der Waals surface area (Å²) in [6.07, 6.45) is 4.62. The molecular weight excluding hydrogens is 248 g/mol. The van der Waals surface area contributed by atoms with E-state index in [0.29, 0.717) is 6.10 Å². The van der Waals surface area contributed by atoms with Crippen LogP contribution in [0.5, 0.6) is 5.75 Å². The first-order valence-corrected chi connectivity index (χ1v) is 7.13. The Bertz CT molecular complexity index is 593. The highest BCUT2D eigenvalue weighted by Crippen LogP contribution is 2.30. The third-order valence-corrected chi connectivity index (χ3v) is 3.67. The first-order chi connectivity index (χ1) is 9.78. The van der Waals surface area contributed by atoms with Gasteiger partial charge in [-0.25, -0.2) is 0 Å². The van der Waals surface area contributed by atoms with Crippen molar-refractivity contribution in [3.05, 3.63) is 59.4 Å².